The molecule has 1 aromatic carbocycles. The van der Waals surface area contributed by atoms with E-state index in [1.54, 1.807) is 44.6 Å². The van der Waals surface area contributed by atoms with E-state index >= 15 is 0 Å². The fourth-order valence-electron chi connectivity index (χ4n) is 1.57. The third-order valence-corrected chi connectivity index (χ3v) is 2.65. The Hall–Kier alpha value is -2.43. The van der Waals surface area contributed by atoms with Gasteiger partial charge in [-0.15, -0.1) is 0 Å². The van der Waals surface area contributed by atoms with Gasteiger partial charge < -0.3 is 19.9 Å². The van der Waals surface area contributed by atoms with E-state index in [2.05, 4.69) is 4.98 Å². The molecular weight excluding hydrogens is 244 g/mol. The van der Waals surface area contributed by atoms with Gasteiger partial charge in [-0.25, -0.2) is 4.98 Å². The number of pyridine rings is 1. The molecule has 0 unspecified atom stereocenters. The Morgan fingerprint density at radius 1 is 0.947 bits per heavy atom. The summed E-state index contributed by atoms with van der Waals surface area (Å²) >= 11 is 0. The van der Waals surface area contributed by atoms with Crippen molar-refractivity contribution < 1.29 is 14.2 Å². The van der Waals surface area contributed by atoms with E-state index in [9.17, 15) is 0 Å². The van der Waals surface area contributed by atoms with Gasteiger partial charge in [0.2, 0.25) is 5.88 Å². The number of benzene rings is 1. The Labute approximate surface area is 111 Å². The first-order valence-corrected chi connectivity index (χ1v) is 5.76. The standard InChI is InChI=1S/C14H16N2O3/c1-9-13(15)4-5-14(16-9)19-12-7-10(17-2)6-11(8-12)18-3/h4-8H,15H2,1-3H3. The second-order valence-corrected chi connectivity index (χ2v) is 3.97. The Morgan fingerprint density at radius 3 is 2.05 bits per heavy atom. The van der Waals surface area contributed by atoms with Gasteiger partial charge in [-0.3, -0.25) is 0 Å². The van der Waals surface area contributed by atoms with Crippen LogP contribution < -0.4 is 19.9 Å². The molecule has 1 aromatic heterocycles. The molecule has 0 atom stereocenters. The lowest BCUT2D eigenvalue weighted by Crippen LogP contribution is -1.96. The maximum absolute atomic E-state index is 5.72. The molecule has 0 radical (unpaired) electrons. The van der Waals surface area contributed by atoms with E-state index in [1.807, 2.05) is 6.92 Å². The number of nitrogen functional groups attached to an aromatic ring is 1. The van der Waals surface area contributed by atoms with E-state index in [0.29, 0.717) is 28.8 Å². The van der Waals surface area contributed by atoms with Crippen LogP contribution in [0.1, 0.15) is 5.69 Å². The van der Waals surface area contributed by atoms with Crippen molar-refractivity contribution in [1.29, 1.82) is 0 Å². The summed E-state index contributed by atoms with van der Waals surface area (Å²) in [5, 5.41) is 0. The molecule has 0 saturated carbocycles. The van der Waals surface area contributed by atoms with Crippen LogP contribution in [0, 0.1) is 6.92 Å². The molecule has 0 amide bonds. The molecule has 0 spiro atoms. The Bertz CT molecular complexity index is 563. The van der Waals surface area contributed by atoms with Gasteiger partial charge in [0, 0.05) is 24.3 Å². The lowest BCUT2D eigenvalue weighted by atomic mass is 10.3. The third-order valence-electron chi connectivity index (χ3n) is 2.65. The zero-order chi connectivity index (χ0) is 13.8. The molecule has 0 aliphatic heterocycles. The maximum atomic E-state index is 5.72. The molecule has 2 aromatic rings. The molecule has 2 rings (SSSR count). The largest absolute Gasteiger partial charge is 0.496 e. The van der Waals surface area contributed by atoms with Crippen LogP contribution in [0.3, 0.4) is 0 Å². The number of aromatic nitrogens is 1. The number of nitrogens with zero attached hydrogens (tertiary/aromatic N) is 1. The number of nitrogens with two attached hydrogens (primary N) is 1. The Morgan fingerprint density at radius 2 is 1.53 bits per heavy atom. The monoisotopic (exact) mass is 260 g/mol. The SMILES string of the molecule is COc1cc(OC)cc(Oc2ccc(N)c(C)n2)c1. The van der Waals surface area contributed by atoms with Gasteiger partial charge >= 0.3 is 0 Å². The van der Waals surface area contributed by atoms with Crippen molar-refractivity contribution in [3.63, 3.8) is 0 Å². The molecule has 100 valence electrons. The summed E-state index contributed by atoms with van der Waals surface area (Å²) in [7, 11) is 3.17. The minimum Gasteiger partial charge on any atom is -0.496 e. The van der Waals surface area contributed by atoms with Crippen molar-refractivity contribution in [2.24, 2.45) is 0 Å². The van der Waals surface area contributed by atoms with Crippen LogP contribution in [0.4, 0.5) is 5.69 Å². The highest BCUT2D eigenvalue weighted by Crippen LogP contribution is 2.30. The summed E-state index contributed by atoms with van der Waals surface area (Å²) in [4.78, 5) is 4.25. The number of anilines is 1. The van der Waals surface area contributed by atoms with E-state index in [-0.39, 0.29) is 0 Å². The van der Waals surface area contributed by atoms with Crippen molar-refractivity contribution in [2.75, 3.05) is 20.0 Å². The number of ether oxygens (including phenoxy) is 3. The van der Waals surface area contributed by atoms with Crippen molar-refractivity contribution in [1.82, 2.24) is 4.98 Å². The average molecular weight is 260 g/mol. The number of hydrogen-bond donors (Lipinski definition) is 1. The number of rotatable bonds is 4. The zero-order valence-electron chi connectivity index (χ0n) is 11.1. The van der Waals surface area contributed by atoms with Gasteiger partial charge in [0.25, 0.3) is 0 Å². The second-order valence-electron chi connectivity index (χ2n) is 3.97. The van der Waals surface area contributed by atoms with Gasteiger partial charge in [-0.1, -0.05) is 0 Å². The third kappa shape index (κ3) is 3.07. The van der Waals surface area contributed by atoms with Gasteiger partial charge in [0.05, 0.1) is 25.6 Å². The van der Waals surface area contributed by atoms with Gasteiger partial charge in [-0.05, 0) is 13.0 Å². The lowest BCUT2D eigenvalue weighted by molar-refractivity contribution is 0.385. The normalized spacial score (nSPS) is 10.1. The minimum atomic E-state index is 0.474. The molecule has 5 nitrogen and oxygen atoms in total. The molecule has 0 aliphatic carbocycles. The molecule has 5 heteroatoms. The first-order chi connectivity index (χ1) is 9.12. The summed E-state index contributed by atoms with van der Waals surface area (Å²) in [6, 6.07) is 8.77. The van der Waals surface area contributed by atoms with Crippen molar-refractivity contribution >= 4 is 5.69 Å². The molecular formula is C14H16N2O3. The average Bonchev–Trinajstić information content (AvgIpc) is 2.42. The molecule has 2 N–H and O–H groups in total. The number of hydrogen-bond acceptors (Lipinski definition) is 5. The topological polar surface area (TPSA) is 66.6 Å². The molecule has 0 saturated heterocycles. The molecule has 19 heavy (non-hydrogen) atoms. The van der Waals surface area contributed by atoms with E-state index in [4.69, 9.17) is 19.9 Å². The van der Waals surface area contributed by atoms with Crippen molar-refractivity contribution in [2.45, 2.75) is 6.92 Å². The predicted octanol–water partition coefficient (Wildman–Crippen LogP) is 2.78. The first kappa shape index (κ1) is 13.0. The Balaban J connectivity index is 2.29. The second kappa shape index (κ2) is 5.48. The van der Waals surface area contributed by atoms with Crippen LogP contribution in [0.5, 0.6) is 23.1 Å². The fourth-order valence-corrected chi connectivity index (χ4v) is 1.57. The highest BCUT2D eigenvalue weighted by Gasteiger charge is 2.06. The highest BCUT2D eigenvalue weighted by atomic mass is 16.5. The van der Waals surface area contributed by atoms with Gasteiger partial charge in [0.15, 0.2) is 0 Å². The number of methoxy groups -OCH3 is 2. The van der Waals surface area contributed by atoms with Gasteiger partial charge in [0.1, 0.15) is 17.2 Å². The van der Waals surface area contributed by atoms with Crippen LogP contribution >= 0.6 is 0 Å². The van der Waals surface area contributed by atoms with Crippen LogP contribution in [0.2, 0.25) is 0 Å². The smallest absolute Gasteiger partial charge is 0.219 e. The summed E-state index contributed by atoms with van der Waals surface area (Å²) in [5.41, 5.74) is 7.08. The fraction of sp³-hybridized carbons (Fsp3) is 0.214. The van der Waals surface area contributed by atoms with E-state index in [0.717, 1.165) is 5.69 Å². The zero-order valence-corrected chi connectivity index (χ0v) is 11.1. The van der Waals surface area contributed by atoms with Crippen molar-refractivity contribution in [3.8, 4) is 23.1 Å². The quantitative estimate of drug-likeness (QED) is 0.915. The van der Waals surface area contributed by atoms with Gasteiger partial charge in [-0.2, -0.15) is 0 Å². The first-order valence-electron chi connectivity index (χ1n) is 5.76. The summed E-state index contributed by atoms with van der Waals surface area (Å²) in [6.45, 7) is 1.83. The summed E-state index contributed by atoms with van der Waals surface area (Å²) in [5.74, 6) is 2.37. The summed E-state index contributed by atoms with van der Waals surface area (Å²) in [6.07, 6.45) is 0. The highest BCUT2D eigenvalue weighted by molar-refractivity contribution is 5.46. The van der Waals surface area contributed by atoms with Crippen molar-refractivity contribution in [3.05, 3.63) is 36.0 Å². The van der Waals surface area contributed by atoms with Crippen LogP contribution in [-0.2, 0) is 0 Å². The van der Waals surface area contributed by atoms with Crippen LogP contribution in [0.15, 0.2) is 30.3 Å². The minimum absolute atomic E-state index is 0.474. The maximum Gasteiger partial charge on any atom is 0.219 e. The molecule has 0 fully saturated rings. The van der Waals surface area contributed by atoms with Crippen LogP contribution in [-0.4, -0.2) is 19.2 Å². The molecule has 0 bridgehead atoms. The summed E-state index contributed by atoms with van der Waals surface area (Å²) < 4.78 is 16.0. The molecule has 1 heterocycles. The predicted molar refractivity (Wildman–Crippen MR) is 73.0 cm³/mol. The lowest BCUT2D eigenvalue weighted by Gasteiger charge is -2.10. The van der Waals surface area contributed by atoms with E-state index < -0.39 is 0 Å². The Kier molecular flexibility index (Phi) is 3.75. The number of aryl methyl sites for hydroxylation is 1. The van der Waals surface area contributed by atoms with E-state index in [1.165, 1.54) is 0 Å². The van der Waals surface area contributed by atoms with Crippen LogP contribution in [0.25, 0.3) is 0 Å². The molecule has 0 aliphatic rings.